The fourth-order valence-corrected chi connectivity index (χ4v) is 2.00. The maximum atomic E-state index is 10.9. The zero-order valence-corrected chi connectivity index (χ0v) is 9.63. The first-order valence-electron chi connectivity index (χ1n) is 4.56. The number of esters is 1. The lowest BCUT2D eigenvalue weighted by molar-refractivity contribution is -0.140. The average molecular weight is 226 g/mol. The first kappa shape index (κ1) is 11.8. The van der Waals surface area contributed by atoms with E-state index in [1.54, 1.807) is 18.0 Å². The first-order chi connectivity index (χ1) is 7.15. The van der Waals surface area contributed by atoms with Gasteiger partial charge in [0.25, 0.3) is 0 Å². The number of carbonyl (C=O) groups excluding carboxylic acids is 1. The molecule has 0 spiro atoms. The van der Waals surface area contributed by atoms with Crippen molar-refractivity contribution in [3.8, 4) is 0 Å². The summed E-state index contributed by atoms with van der Waals surface area (Å²) in [6.07, 6.45) is 2.08. The van der Waals surface area contributed by atoms with Gasteiger partial charge in [-0.15, -0.1) is 11.8 Å². The molecule has 0 aliphatic heterocycles. The summed E-state index contributed by atoms with van der Waals surface area (Å²) in [5, 5.41) is 0. The molecule has 15 heavy (non-hydrogen) atoms. The second kappa shape index (κ2) is 5.60. The Morgan fingerprint density at radius 2 is 2.40 bits per heavy atom. The molecule has 0 fully saturated rings. The monoisotopic (exact) mass is 226 g/mol. The Morgan fingerprint density at radius 3 is 3.07 bits per heavy atom. The topological polar surface area (TPSA) is 65.2 Å². The third-order valence-corrected chi connectivity index (χ3v) is 3.15. The van der Waals surface area contributed by atoms with Crippen LogP contribution in [0.1, 0.15) is 12.0 Å². The summed E-state index contributed by atoms with van der Waals surface area (Å²) < 4.78 is 4.55. The Labute approximate surface area is 93.2 Å². The Kier molecular flexibility index (Phi) is 4.42. The number of nitrogen functional groups attached to an aromatic ring is 1. The highest BCUT2D eigenvalue weighted by atomic mass is 32.2. The van der Waals surface area contributed by atoms with E-state index in [2.05, 4.69) is 9.72 Å². The van der Waals surface area contributed by atoms with Gasteiger partial charge in [-0.2, -0.15) is 0 Å². The Hall–Kier alpha value is -1.23. The number of thioether (sulfide) groups is 1. The van der Waals surface area contributed by atoms with Crippen LogP contribution in [0.3, 0.4) is 0 Å². The van der Waals surface area contributed by atoms with Crippen LogP contribution in [-0.2, 0) is 9.53 Å². The number of pyridine rings is 1. The maximum Gasteiger partial charge on any atom is 0.306 e. The van der Waals surface area contributed by atoms with E-state index in [4.69, 9.17) is 5.73 Å². The molecule has 2 N–H and O–H groups in total. The fourth-order valence-electron chi connectivity index (χ4n) is 1.04. The van der Waals surface area contributed by atoms with Crippen LogP contribution >= 0.6 is 11.8 Å². The van der Waals surface area contributed by atoms with Gasteiger partial charge >= 0.3 is 5.97 Å². The maximum absolute atomic E-state index is 10.9. The zero-order valence-electron chi connectivity index (χ0n) is 8.82. The second-order valence-electron chi connectivity index (χ2n) is 2.99. The molecular weight excluding hydrogens is 212 g/mol. The number of rotatable bonds is 4. The number of hydrogen-bond donors (Lipinski definition) is 1. The molecule has 4 nitrogen and oxygen atoms in total. The van der Waals surface area contributed by atoms with Crippen molar-refractivity contribution in [1.82, 2.24) is 4.98 Å². The third kappa shape index (κ3) is 3.43. The number of nitrogens with two attached hydrogens (primary N) is 1. The van der Waals surface area contributed by atoms with Gasteiger partial charge in [0.2, 0.25) is 0 Å². The van der Waals surface area contributed by atoms with Crippen molar-refractivity contribution in [3.05, 3.63) is 17.8 Å². The van der Waals surface area contributed by atoms with Gasteiger partial charge < -0.3 is 10.5 Å². The Balaban J connectivity index is 2.51. The van der Waals surface area contributed by atoms with E-state index < -0.39 is 0 Å². The SMILES string of the molecule is COC(=O)CCSc1ccnc(N)c1C. The van der Waals surface area contributed by atoms with Crippen molar-refractivity contribution in [2.45, 2.75) is 18.2 Å². The van der Waals surface area contributed by atoms with Gasteiger partial charge in [-0.25, -0.2) is 4.98 Å². The molecule has 5 heteroatoms. The molecule has 82 valence electrons. The normalized spacial score (nSPS) is 10.0. The van der Waals surface area contributed by atoms with Crippen molar-refractivity contribution in [3.63, 3.8) is 0 Å². The average Bonchev–Trinajstić information content (AvgIpc) is 2.24. The molecule has 0 radical (unpaired) electrons. The van der Waals surface area contributed by atoms with E-state index in [-0.39, 0.29) is 5.97 Å². The highest BCUT2D eigenvalue weighted by Gasteiger charge is 2.05. The highest BCUT2D eigenvalue weighted by Crippen LogP contribution is 2.24. The van der Waals surface area contributed by atoms with E-state index in [1.807, 2.05) is 13.0 Å². The summed E-state index contributed by atoms with van der Waals surface area (Å²) in [5.74, 6) is 1.04. The van der Waals surface area contributed by atoms with E-state index in [0.717, 1.165) is 10.5 Å². The standard InChI is InChI=1S/C10H14N2O2S/c1-7-8(3-5-12-10(7)11)15-6-4-9(13)14-2/h3,5H,4,6H2,1-2H3,(H2,11,12). The number of ether oxygens (including phenoxy) is 1. The molecule has 0 aromatic carbocycles. The van der Waals surface area contributed by atoms with Gasteiger partial charge in [-0.05, 0) is 13.0 Å². The molecule has 0 amide bonds. The van der Waals surface area contributed by atoms with Crippen LogP contribution in [0.4, 0.5) is 5.82 Å². The number of anilines is 1. The second-order valence-corrected chi connectivity index (χ2v) is 4.13. The van der Waals surface area contributed by atoms with Crippen molar-refractivity contribution >= 4 is 23.5 Å². The third-order valence-electron chi connectivity index (χ3n) is 1.98. The fraction of sp³-hybridized carbons (Fsp3) is 0.400. The van der Waals surface area contributed by atoms with E-state index in [9.17, 15) is 4.79 Å². The van der Waals surface area contributed by atoms with Gasteiger partial charge in [0.15, 0.2) is 0 Å². The Morgan fingerprint density at radius 1 is 1.67 bits per heavy atom. The summed E-state index contributed by atoms with van der Waals surface area (Å²) in [7, 11) is 1.39. The summed E-state index contributed by atoms with van der Waals surface area (Å²) in [5.41, 5.74) is 6.63. The number of methoxy groups -OCH3 is 1. The van der Waals surface area contributed by atoms with E-state index in [1.165, 1.54) is 7.11 Å². The zero-order chi connectivity index (χ0) is 11.3. The van der Waals surface area contributed by atoms with Gasteiger partial charge in [0.05, 0.1) is 13.5 Å². The molecule has 0 atom stereocenters. The molecule has 0 bridgehead atoms. The van der Waals surface area contributed by atoms with Crippen molar-refractivity contribution < 1.29 is 9.53 Å². The van der Waals surface area contributed by atoms with Crippen LogP contribution in [0.25, 0.3) is 0 Å². The number of hydrogen-bond acceptors (Lipinski definition) is 5. The lowest BCUT2D eigenvalue weighted by atomic mass is 10.3. The minimum absolute atomic E-state index is 0.192. The molecule has 0 saturated carbocycles. The van der Waals surface area contributed by atoms with Gasteiger partial charge in [-0.1, -0.05) is 0 Å². The molecule has 1 aromatic rings. The van der Waals surface area contributed by atoms with Crippen LogP contribution in [-0.4, -0.2) is 23.8 Å². The summed E-state index contributed by atoms with van der Waals surface area (Å²) in [6, 6.07) is 1.90. The minimum Gasteiger partial charge on any atom is -0.469 e. The molecule has 0 saturated heterocycles. The number of nitrogens with zero attached hydrogens (tertiary/aromatic N) is 1. The van der Waals surface area contributed by atoms with Crippen LogP contribution < -0.4 is 5.73 Å². The Bertz CT molecular complexity index is 355. The lowest BCUT2D eigenvalue weighted by Crippen LogP contribution is -2.01. The molecule has 1 rings (SSSR count). The highest BCUT2D eigenvalue weighted by molar-refractivity contribution is 7.99. The van der Waals surface area contributed by atoms with E-state index >= 15 is 0 Å². The lowest BCUT2D eigenvalue weighted by Gasteiger charge is -2.06. The number of carbonyl (C=O) groups is 1. The molecule has 0 unspecified atom stereocenters. The molecule has 1 heterocycles. The summed E-state index contributed by atoms with van der Waals surface area (Å²) in [4.78, 5) is 15.9. The predicted molar refractivity (Wildman–Crippen MR) is 60.7 cm³/mol. The van der Waals surface area contributed by atoms with Crippen LogP contribution in [0.5, 0.6) is 0 Å². The van der Waals surface area contributed by atoms with Crippen molar-refractivity contribution in [2.75, 3.05) is 18.6 Å². The van der Waals surface area contributed by atoms with Crippen LogP contribution in [0.2, 0.25) is 0 Å². The number of aromatic nitrogens is 1. The summed E-state index contributed by atoms with van der Waals surface area (Å²) in [6.45, 7) is 1.92. The quantitative estimate of drug-likeness (QED) is 0.624. The van der Waals surface area contributed by atoms with Crippen LogP contribution in [0.15, 0.2) is 17.2 Å². The largest absolute Gasteiger partial charge is 0.469 e. The first-order valence-corrected chi connectivity index (χ1v) is 5.54. The summed E-state index contributed by atoms with van der Waals surface area (Å²) >= 11 is 1.58. The molecular formula is C10H14N2O2S. The van der Waals surface area contributed by atoms with Crippen LogP contribution in [0, 0.1) is 6.92 Å². The predicted octanol–water partition coefficient (Wildman–Crippen LogP) is 1.63. The van der Waals surface area contributed by atoms with E-state index in [0.29, 0.717) is 18.0 Å². The van der Waals surface area contributed by atoms with Gasteiger partial charge in [0, 0.05) is 22.4 Å². The van der Waals surface area contributed by atoms with Gasteiger partial charge in [0.1, 0.15) is 5.82 Å². The van der Waals surface area contributed by atoms with Crippen molar-refractivity contribution in [1.29, 1.82) is 0 Å². The molecule has 1 aromatic heterocycles. The smallest absolute Gasteiger partial charge is 0.306 e. The minimum atomic E-state index is -0.192. The molecule has 0 aliphatic carbocycles. The molecule has 0 aliphatic rings. The van der Waals surface area contributed by atoms with Gasteiger partial charge in [-0.3, -0.25) is 4.79 Å². The van der Waals surface area contributed by atoms with Crippen molar-refractivity contribution in [2.24, 2.45) is 0 Å².